The molecule has 8 nitrogen and oxygen atoms in total. The van der Waals surface area contributed by atoms with Crippen molar-refractivity contribution < 1.29 is 14.3 Å². The van der Waals surface area contributed by atoms with Crippen LogP contribution in [0, 0.1) is 6.92 Å². The summed E-state index contributed by atoms with van der Waals surface area (Å²) in [5, 5.41) is 0.481. The Bertz CT molecular complexity index is 1190. The number of hydrogen-bond donors (Lipinski definition) is 2. The second kappa shape index (κ2) is 8.36. The molecule has 0 spiro atoms. The van der Waals surface area contributed by atoms with Crippen molar-refractivity contribution in [2.24, 2.45) is 0 Å². The summed E-state index contributed by atoms with van der Waals surface area (Å²) >= 11 is 0. The Morgan fingerprint density at radius 1 is 1.17 bits per heavy atom. The van der Waals surface area contributed by atoms with Crippen LogP contribution in [0.5, 0.6) is 5.75 Å². The molecule has 30 heavy (non-hydrogen) atoms. The number of ether oxygens (including phenoxy) is 1. The van der Waals surface area contributed by atoms with E-state index in [1.54, 1.807) is 22.8 Å². The number of amides is 2. The number of benzene rings is 2. The Hall–Kier alpha value is -3.68. The largest absolute Gasteiger partial charge is 0.493 e. The molecule has 1 aliphatic rings. The first-order valence-corrected chi connectivity index (χ1v) is 9.83. The summed E-state index contributed by atoms with van der Waals surface area (Å²) in [4.78, 5) is 41.3. The summed E-state index contributed by atoms with van der Waals surface area (Å²) in [5.74, 6) is 0.586. The van der Waals surface area contributed by atoms with Crippen LogP contribution in [0.2, 0.25) is 0 Å². The van der Waals surface area contributed by atoms with Gasteiger partial charge in [0.25, 0.3) is 11.5 Å². The van der Waals surface area contributed by atoms with Crippen molar-refractivity contribution in [3.8, 4) is 5.75 Å². The monoisotopic (exact) mass is 406 g/mol. The highest BCUT2D eigenvalue weighted by atomic mass is 16.5. The van der Waals surface area contributed by atoms with Crippen molar-refractivity contribution in [1.29, 1.82) is 0 Å². The average molecular weight is 406 g/mol. The van der Waals surface area contributed by atoms with Gasteiger partial charge in [0.1, 0.15) is 11.6 Å². The topological polar surface area (TPSA) is 102 Å². The van der Waals surface area contributed by atoms with Crippen LogP contribution in [-0.4, -0.2) is 28.0 Å². The van der Waals surface area contributed by atoms with Crippen molar-refractivity contribution in [3.63, 3.8) is 0 Å². The summed E-state index contributed by atoms with van der Waals surface area (Å²) in [7, 11) is 0. The first-order valence-electron chi connectivity index (χ1n) is 9.83. The maximum atomic E-state index is 12.5. The number of nitrogens with one attached hydrogen (secondary N) is 2. The molecule has 1 aliphatic heterocycles. The molecule has 2 amide bonds. The lowest BCUT2D eigenvalue weighted by Crippen LogP contribution is -2.42. The number of hydrazine groups is 1. The van der Waals surface area contributed by atoms with Crippen LogP contribution < -0.4 is 21.1 Å². The number of aryl methyl sites for hydroxylation is 2. The Balaban J connectivity index is 1.33. The minimum atomic E-state index is -0.479. The summed E-state index contributed by atoms with van der Waals surface area (Å²) in [5.41, 5.74) is 6.55. The first kappa shape index (κ1) is 19.6. The lowest BCUT2D eigenvalue weighted by atomic mass is 10.1. The van der Waals surface area contributed by atoms with Crippen LogP contribution in [0.1, 0.15) is 34.6 Å². The van der Waals surface area contributed by atoms with Crippen LogP contribution >= 0.6 is 0 Å². The molecular formula is C22H22N4O4. The molecule has 3 aromatic rings. The molecule has 4 rings (SSSR count). The van der Waals surface area contributed by atoms with Crippen LogP contribution in [0.25, 0.3) is 10.9 Å². The van der Waals surface area contributed by atoms with Gasteiger partial charge in [-0.2, -0.15) is 0 Å². The molecular weight excluding hydrogens is 384 g/mol. The second-order valence-electron chi connectivity index (χ2n) is 7.24. The third kappa shape index (κ3) is 4.17. The molecule has 0 aliphatic carbocycles. The zero-order chi connectivity index (χ0) is 21.1. The third-order valence-corrected chi connectivity index (χ3v) is 4.98. The highest BCUT2D eigenvalue weighted by Crippen LogP contribution is 2.16. The summed E-state index contributed by atoms with van der Waals surface area (Å²) < 4.78 is 7.21. The zero-order valence-electron chi connectivity index (χ0n) is 16.6. The van der Waals surface area contributed by atoms with E-state index in [-0.39, 0.29) is 24.5 Å². The van der Waals surface area contributed by atoms with E-state index in [1.165, 1.54) is 0 Å². The van der Waals surface area contributed by atoms with E-state index >= 15 is 0 Å². The van der Waals surface area contributed by atoms with Crippen molar-refractivity contribution in [2.45, 2.75) is 32.7 Å². The normalized spacial score (nSPS) is 12.4. The molecule has 0 atom stereocenters. The molecule has 2 N–H and O–H groups in total. The molecule has 0 unspecified atom stereocenters. The van der Waals surface area contributed by atoms with Crippen molar-refractivity contribution in [1.82, 2.24) is 20.4 Å². The molecule has 0 radical (unpaired) electrons. The minimum Gasteiger partial charge on any atom is -0.493 e. The van der Waals surface area contributed by atoms with Crippen LogP contribution in [0.4, 0.5) is 0 Å². The molecule has 154 valence electrons. The van der Waals surface area contributed by atoms with E-state index in [2.05, 4.69) is 15.8 Å². The predicted molar refractivity (Wildman–Crippen MR) is 111 cm³/mol. The number of carbonyl (C=O) groups is 2. The number of hydrogen-bond acceptors (Lipinski definition) is 5. The minimum absolute atomic E-state index is 0.0821. The number of carbonyl (C=O) groups excluding carboxylic acids is 2. The smallest absolute Gasteiger partial charge is 0.269 e. The van der Waals surface area contributed by atoms with Crippen molar-refractivity contribution in [3.05, 3.63) is 69.8 Å². The number of fused-ring (bicyclic) bond motifs is 2. The van der Waals surface area contributed by atoms with E-state index in [0.29, 0.717) is 28.8 Å². The predicted octanol–water partition coefficient (Wildman–Crippen LogP) is 1.88. The molecule has 8 heteroatoms. The van der Waals surface area contributed by atoms with E-state index < -0.39 is 5.91 Å². The maximum absolute atomic E-state index is 12.5. The second-order valence-corrected chi connectivity index (χ2v) is 7.24. The van der Waals surface area contributed by atoms with Gasteiger partial charge in [0.2, 0.25) is 5.91 Å². The van der Waals surface area contributed by atoms with Crippen molar-refractivity contribution >= 4 is 22.7 Å². The average Bonchev–Trinajstić information content (AvgIpc) is 3.20. The summed E-state index contributed by atoms with van der Waals surface area (Å²) in [6.45, 7) is 2.83. The quantitative estimate of drug-likeness (QED) is 0.630. The maximum Gasteiger partial charge on any atom is 0.269 e. The van der Waals surface area contributed by atoms with E-state index in [1.807, 2.05) is 31.2 Å². The molecule has 0 saturated carbocycles. The van der Waals surface area contributed by atoms with Gasteiger partial charge in [-0.3, -0.25) is 29.8 Å². The van der Waals surface area contributed by atoms with Gasteiger partial charge in [0.15, 0.2) is 0 Å². The lowest BCUT2D eigenvalue weighted by molar-refractivity contribution is -0.122. The molecule has 2 heterocycles. The van der Waals surface area contributed by atoms with Gasteiger partial charge < -0.3 is 4.74 Å². The molecule has 2 aromatic carbocycles. The van der Waals surface area contributed by atoms with Crippen LogP contribution in [0.15, 0.2) is 47.3 Å². The van der Waals surface area contributed by atoms with Crippen molar-refractivity contribution in [2.75, 3.05) is 6.61 Å². The highest BCUT2D eigenvalue weighted by molar-refractivity contribution is 5.98. The standard InChI is InChI=1S/C22H22N4O4/c1-14-4-2-5-16(12-14)30-11-9-20(27)24-25-21(28)15-7-8-17-18(13-15)23-19-6-3-10-26(19)22(17)29/h2,4-5,7-8,12-13H,3,6,9-11H2,1H3,(H,24,27)(H,25,28). The van der Waals surface area contributed by atoms with Gasteiger partial charge in [-0.1, -0.05) is 12.1 Å². The van der Waals surface area contributed by atoms with Gasteiger partial charge in [-0.15, -0.1) is 0 Å². The van der Waals surface area contributed by atoms with E-state index in [0.717, 1.165) is 24.2 Å². The van der Waals surface area contributed by atoms with Crippen LogP contribution in [-0.2, 0) is 17.8 Å². The fourth-order valence-electron chi connectivity index (χ4n) is 3.45. The molecule has 0 bridgehead atoms. The summed E-state index contributed by atoms with van der Waals surface area (Å²) in [6.07, 6.45) is 1.74. The van der Waals surface area contributed by atoms with E-state index in [4.69, 9.17) is 4.74 Å². The van der Waals surface area contributed by atoms with Gasteiger partial charge >= 0.3 is 0 Å². The van der Waals surface area contributed by atoms with Gasteiger partial charge in [0.05, 0.1) is 23.9 Å². The fraction of sp³-hybridized carbons (Fsp3) is 0.273. The number of aromatic nitrogens is 2. The van der Waals surface area contributed by atoms with Gasteiger partial charge in [0, 0.05) is 18.5 Å². The fourth-order valence-corrected chi connectivity index (χ4v) is 3.45. The molecule has 0 fully saturated rings. The van der Waals surface area contributed by atoms with Gasteiger partial charge in [-0.05, 0) is 49.2 Å². The Labute approximate surface area is 172 Å². The Morgan fingerprint density at radius 3 is 2.87 bits per heavy atom. The van der Waals surface area contributed by atoms with Crippen LogP contribution in [0.3, 0.4) is 0 Å². The van der Waals surface area contributed by atoms with E-state index in [9.17, 15) is 14.4 Å². The zero-order valence-corrected chi connectivity index (χ0v) is 16.6. The molecule has 0 saturated heterocycles. The Kier molecular flexibility index (Phi) is 5.47. The first-order chi connectivity index (χ1) is 14.5. The van der Waals surface area contributed by atoms with Gasteiger partial charge in [-0.25, -0.2) is 4.98 Å². The third-order valence-electron chi connectivity index (χ3n) is 4.98. The lowest BCUT2D eigenvalue weighted by Gasteiger charge is -2.10. The Morgan fingerprint density at radius 2 is 2.03 bits per heavy atom. The molecule has 1 aromatic heterocycles. The SMILES string of the molecule is Cc1cccc(OCCC(=O)NNC(=O)c2ccc3c(=O)n4c(nc3c2)CCC4)c1. The summed E-state index contributed by atoms with van der Waals surface area (Å²) in [6, 6.07) is 12.3. The number of nitrogens with zero attached hydrogens (tertiary/aromatic N) is 2. The number of rotatable bonds is 5. The highest BCUT2D eigenvalue weighted by Gasteiger charge is 2.17.